The van der Waals surface area contributed by atoms with Crippen molar-refractivity contribution in [2.75, 3.05) is 19.0 Å². The Bertz CT molecular complexity index is 557. The van der Waals surface area contributed by atoms with Crippen molar-refractivity contribution >= 4 is 22.7 Å². The molecule has 2 rings (SSSR count). The number of ether oxygens (including phenoxy) is 1. The molecule has 1 heterocycles. The van der Waals surface area contributed by atoms with E-state index < -0.39 is 4.92 Å². The van der Waals surface area contributed by atoms with Gasteiger partial charge in [-0.3, -0.25) is 10.1 Å². The zero-order chi connectivity index (χ0) is 13.7. The number of nitro benzene ring substituents is 1. The fourth-order valence-electron chi connectivity index (χ4n) is 1.63. The number of nitro groups is 1. The molecule has 6 nitrogen and oxygen atoms in total. The van der Waals surface area contributed by atoms with Crippen molar-refractivity contribution in [2.24, 2.45) is 0 Å². The summed E-state index contributed by atoms with van der Waals surface area (Å²) in [5, 5.41) is 15.9. The van der Waals surface area contributed by atoms with Gasteiger partial charge in [0.25, 0.3) is 0 Å². The van der Waals surface area contributed by atoms with Crippen LogP contribution in [0.3, 0.4) is 0 Å². The Hall–Kier alpha value is -2.15. The smallest absolute Gasteiger partial charge is 0.311 e. The highest BCUT2D eigenvalue weighted by molar-refractivity contribution is 7.07. The van der Waals surface area contributed by atoms with Crippen molar-refractivity contribution in [1.82, 2.24) is 4.98 Å². The molecule has 0 saturated heterocycles. The first kappa shape index (κ1) is 13.3. The Balaban J connectivity index is 1.99. The van der Waals surface area contributed by atoms with Gasteiger partial charge in [-0.15, -0.1) is 11.3 Å². The minimum atomic E-state index is -0.460. The van der Waals surface area contributed by atoms with E-state index in [-0.39, 0.29) is 11.4 Å². The van der Waals surface area contributed by atoms with Crippen LogP contribution >= 0.6 is 11.3 Å². The van der Waals surface area contributed by atoms with Crippen molar-refractivity contribution < 1.29 is 9.66 Å². The van der Waals surface area contributed by atoms with Crippen LogP contribution in [-0.4, -0.2) is 23.6 Å². The Morgan fingerprint density at radius 3 is 3.00 bits per heavy atom. The maximum Gasteiger partial charge on any atom is 0.311 e. The first-order chi connectivity index (χ1) is 9.20. The molecule has 0 bridgehead atoms. The first-order valence-electron chi connectivity index (χ1n) is 5.64. The van der Waals surface area contributed by atoms with Crippen LogP contribution in [0.25, 0.3) is 0 Å². The van der Waals surface area contributed by atoms with Gasteiger partial charge in [0.1, 0.15) is 0 Å². The van der Waals surface area contributed by atoms with E-state index >= 15 is 0 Å². The molecule has 1 aromatic carbocycles. The summed E-state index contributed by atoms with van der Waals surface area (Å²) >= 11 is 1.56. The number of methoxy groups -OCH3 is 1. The maximum atomic E-state index is 10.8. The highest BCUT2D eigenvalue weighted by atomic mass is 32.1. The monoisotopic (exact) mass is 279 g/mol. The first-order valence-corrected chi connectivity index (χ1v) is 6.58. The summed E-state index contributed by atoms with van der Waals surface area (Å²) in [6.07, 6.45) is 0.808. The van der Waals surface area contributed by atoms with Gasteiger partial charge >= 0.3 is 5.69 Å². The molecule has 0 aliphatic carbocycles. The Morgan fingerprint density at radius 1 is 1.53 bits per heavy atom. The normalized spacial score (nSPS) is 10.2. The number of rotatable bonds is 6. The number of nitrogens with one attached hydrogen (secondary N) is 1. The third-order valence-corrected chi connectivity index (χ3v) is 3.21. The van der Waals surface area contributed by atoms with Gasteiger partial charge in [0.15, 0.2) is 5.75 Å². The molecule has 1 N–H and O–H groups in total. The second-order valence-corrected chi connectivity index (χ2v) is 4.52. The van der Waals surface area contributed by atoms with Crippen molar-refractivity contribution in [3.05, 3.63) is 44.9 Å². The summed E-state index contributed by atoms with van der Waals surface area (Å²) in [6, 6.07) is 4.73. The third kappa shape index (κ3) is 3.41. The lowest BCUT2D eigenvalue weighted by molar-refractivity contribution is -0.385. The molecule has 0 amide bonds. The molecule has 0 aliphatic heterocycles. The summed E-state index contributed by atoms with van der Waals surface area (Å²) in [5.74, 6) is 0.253. The van der Waals surface area contributed by atoms with Crippen LogP contribution in [0, 0.1) is 10.1 Å². The van der Waals surface area contributed by atoms with Crippen LogP contribution in [0.2, 0.25) is 0 Å². The molecular formula is C12H13N3O3S. The molecular weight excluding hydrogens is 266 g/mol. The summed E-state index contributed by atoms with van der Waals surface area (Å²) in [6.45, 7) is 0.713. The molecule has 0 aliphatic rings. The molecule has 100 valence electrons. The number of hydrogen-bond donors (Lipinski definition) is 1. The molecule has 0 fully saturated rings. The van der Waals surface area contributed by atoms with Crippen molar-refractivity contribution in [3.63, 3.8) is 0 Å². The summed E-state index contributed by atoms with van der Waals surface area (Å²) in [5.41, 5.74) is 3.58. The van der Waals surface area contributed by atoms with Gasteiger partial charge in [-0.25, -0.2) is 4.98 Å². The standard InChI is InChI=1S/C12H13N3O3S/c1-18-12-6-9(2-3-11(12)15(16)17)13-5-4-10-7-19-8-14-10/h2-3,6-8,13H,4-5H2,1H3. The van der Waals surface area contributed by atoms with E-state index in [2.05, 4.69) is 10.3 Å². The van der Waals surface area contributed by atoms with Gasteiger partial charge in [-0.1, -0.05) is 0 Å². The summed E-state index contributed by atoms with van der Waals surface area (Å²) < 4.78 is 5.01. The number of nitrogens with zero attached hydrogens (tertiary/aromatic N) is 2. The highest BCUT2D eigenvalue weighted by Gasteiger charge is 2.14. The number of aromatic nitrogens is 1. The predicted molar refractivity (Wildman–Crippen MR) is 74.0 cm³/mol. The fourth-order valence-corrected chi connectivity index (χ4v) is 2.23. The minimum Gasteiger partial charge on any atom is -0.490 e. The van der Waals surface area contributed by atoms with Gasteiger partial charge in [0.2, 0.25) is 0 Å². The van der Waals surface area contributed by atoms with Crippen LogP contribution < -0.4 is 10.1 Å². The van der Waals surface area contributed by atoms with Crippen LogP contribution in [0.4, 0.5) is 11.4 Å². The third-order valence-electron chi connectivity index (χ3n) is 2.57. The predicted octanol–water partition coefficient (Wildman–Crippen LogP) is 2.71. The van der Waals surface area contributed by atoms with E-state index in [4.69, 9.17) is 4.74 Å². The highest BCUT2D eigenvalue weighted by Crippen LogP contribution is 2.29. The van der Waals surface area contributed by atoms with Crippen molar-refractivity contribution in [3.8, 4) is 5.75 Å². The quantitative estimate of drug-likeness (QED) is 0.649. The van der Waals surface area contributed by atoms with Gasteiger partial charge in [0, 0.05) is 36.2 Å². The molecule has 0 unspecified atom stereocenters. The molecule has 0 spiro atoms. The fraction of sp³-hybridized carbons (Fsp3) is 0.250. The number of hydrogen-bond acceptors (Lipinski definition) is 6. The molecule has 1 aromatic heterocycles. The lowest BCUT2D eigenvalue weighted by atomic mass is 10.2. The van der Waals surface area contributed by atoms with E-state index in [1.165, 1.54) is 13.2 Å². The second kappa shape index (κ2) is 6.14. The second-order valence-electron chi connectivity index (χ2n) is 3.80. The Kier molecular flexibility index (Phi) is 4.30. The zero-order valence-electron chi connectivity index (χ0n) is 10.3. The summed E-state index contributed by atoms with van der Waals surface area (Å²) in [4.78, 5) is 14.5. The van der Waals surface area contributed by atoms with Crippen LogP contribution in [0.1, 0.15) is 5.69 Å². The molecule has 0 saturated carbocycles. The van der Waals surface area contributed by atoms with Gasteiger partial charge in [-0.2, -0.15) is 0 Å². The average molecular weight is 279 g/mol. The SMILES string of the molecule is COc1cc(NCCc2cscn2)ccc1[N+](=O)[O-]. The lowest BCUT2D eigenvalue weighted by Gasteiger charge is -2.07. The van der Waals surface area contributed by atoms with Crippen LogP contribution in [0.5, 0.6) is 5.75 Å². The Labute approximate surface area is 114 Å². The maximum absolute atomic E-state index is 10.8. The number of benzene rings is 1. The zero-order valence-corrected chi connectivity index (χ0v) is 11.1. The van der Waals surface area contributed by atoms with Crippen LogP contribution in [-0.2, 0) is 6.42 Å². The van der Waals surface area contributed by atoms with E-state index in [9.17, 15) is 10.1 Å². The topological polar surface area (TPSA) is 77.3 Å². The minimum absolute atomic E-state index is 0.0347. The van der Waals surface area contributed by atoms with E-state index in [1.807, 2.05) is 5.38 Å². The molecule has 0 radical (unpaired) electrons. The van der Waals surface area contributed by atoms with Gasteiger partial charge in [0.05, 0.1) is 23.2 Å². The van der Waals surface area contributed by atoms with Crippen molar-refractivity contribution in [1.29, 1.82) is 0 Å². The molecule has 7 heteroatoms. The largest absolute Gasteiger partial charge is 0.490 e. The lowest BCUT2D eigenvalue weighted by Crippen LogP contribution is -2.05. The average Bonchev–Trinajstić information content (AvgIpc) is 2.91. The van der Waals surface area contributed by atoms with E-state index in [1.54, 1.807) is 29.0 Å². The number of anilines is 1. The number of thiazole rings is 1. The molecule has 0 atom stereocenters. The molecule has 19 heavy (non-hydrogen) atoms. The Morgan fingerprint density at radius 2 is 2.37 bits per heavy atom. The van der Waals surface area contributed by atoms with E-state index in [0.717, 1.165) is 17.8 Å². The van der Waals surface area contributed by atoms with E-state index in [0.29, 0.717) is 6.54 Å². The van der Waals surface area contributed by atoms with Crippen LogP contribution in [0.15, 0.2) is 29.1 Å². The molecule has 2 aromatic rings. The van der Waals surface area contributed by atoms with Gasteiger partial charge < -0.3 is 10.1 Å². The summed E-state index contributed by atoms with van der Waals surface area (Å²) in [7, 11) is 1.42. The van der Waals surface area contributed by atoms with Crippen molar-refractivity contribution in [2.45, 2.75) is 6.42 Å². The van der Waals surface area contributed by atoms with Gasteiger partial charge in [-0.05, 0) is 6.07 Å².